The van der Waals surface area contributed by atoms with E-state index in [4.69, 9.17) is 0 Å². The molecule has 8 heteroatoms. The van der Waals surface area contributed by atoms with Crippen molar-refractivity contribution in [1.82, 2.24) is 14.8 Å². The van der Waals surface area contributed by atoms with Crippen LogP contribution in [0, 0.1) is 0 Å². The van der Waals surface area contributed by atoms with E-state index >= 15 is 0 Å². The molecule has 0 aliphatic rings. The Labute approximate surface area is 99.3 Å². The zero-order valence-electron chi connectivity index (χ0n) is 8.85. The van der Waals surface area contributed by atoms with Crippen LogP contribution in [0.3, 0.4) is 0 Å². The number of hydrogen-bond donors (Lipinski definition) is 1. The van der Waals surface area contributed by atoms with Crippen molar-refractivity contribution in [3.63, 3.8) is 0 Å². The topological polar surface area (TPSA) is 59.8 Å². The summed E-state index contributed by atoms with van der Waals surface area (Å²) < 4.78 is 37.7. The Morgan fingerprint density at radius 2 is 2.06 bits per heavy atom. The van der Waals surface area contributed by atoms with Gasteiger partial charge >= 0.3 is 12.1 Å². The largest absolute Gasteiger partial charge is 0.471 e. The first kappa shape index (κ1) is 12.1. The quantitative estimate of drug-likeness (QED) is 0.890. The van der Waals surface area contributed by atoms with Crippen molar-refractivity contribution in [3.8, 4) is 5.82 Å². The molecule has 0 bridgehead atoms. The molecule has 0 fully saturated rings. The van der Waals surface area contributed by atoms with Gasteiger partial charge in [0.2, 0.25) is 0 Å². The Balaban J connectivity index is 2.32. The molecule has 0 radical (unpaired) electrons. The van der Waals surface area contributed by atoms with Gasteiger partial charge in [-0.2, -0.15) is 18.3 Å². The third-order valence-corrected chi connectivity index (χ3v) is 2.01. The number of aromatic nitrogens is 3. The molecule has 0 unspecified atom stereocenters. The maximum absolute atomic E-state index is 12.2. The molecule has 1 N–H and O–H groups in total. The summed E-state index contributed by atoms with van der Waals surface area (Å²) in [6.45, 7) is 0. The second-order valence-electron chi connectivity index (χ2n) is 3.28. The number of nitrogens with one attached hydrogen (secondary N) is 1. The van der Waals surface area contributed by atoms with Crippen LogP contribution in [-0.4, -0.2) is 26.8 Å². The van der Waals surface area contributed by atoms with E-state index in [2.05, 4.69) is 10.1 Å². The number of halogens is 3. The molecule has 0 aliphatic carbocycles. The molecular formula is C10H7F3N4O. The fourth-order valence-corrected chi connectivity index (χ4v) is 1.26. The molecule has 2 aromatic rings. The number of hydrogen-bond acceptors (Lipinski definition) is 3. The molecule has 2 rings (SSSR count). The molecule has 1 amide bonds. The average molecular weight is 256 g/mol. The van der Waals surface area contributed by atoms with Crippen molar-refractivity contribution in [2.24, 2.45) is 0 Å². The van der Waals surface area contributed by atoms with E-state index in [1.54, 1.807) is 11.4 Å². The highest BCUT2D eigenvalue weighted by molar-refractivity contribution is 5.96. The molecule has 94 valence electrons. The van der Waals surface area contributed by atoms with Gasteiger partial charge in [0.1, 0.15) is 0 Å². The second kappa shape index (κ2) is 4.47. The van der Waals surface area contributed by atoms with E-state index in [1.807, 2.05) is 0 Å². The predicted molar refractivity (Wildman–Crippen MR) is 56.0 cm³/mol. The highest BCUT2D eigenvalue weighted by Gasteiger charge is 2.39. The number of alkyl halides is 3. The third-order valence-electron chi connectivity index (χ3n) is 2.01. The van der Waals surface area contributed by atoms with Crippen molar-refractivity contribution < 1.29 is 18.0 Å². The predicted octanol–water partition coefficient (Wildman–Crippen LogP) is 1.77. The third kappa shape index (κ3) is 2.47. The van der Waals surface area contributed by atoms with Crippen molar-refractivity contribution in [1.29, 1.82) is 0 Å². The smallest absolute Gasteiger partial charge is 0.315 e. The summed E-state index contributed by atoms with van der Waals surface area (Å²) in [5, 5.41) is 5.59. The van der Waals surface area contributed by atoms with E-state index in [0.717, 1.165) is 0 Å². The lowest BCUT2D eigenvalue weighted by molar-refractivity contribution is -0.167. The van der Waals surface area contributed by atoms with Gasteiger partial charge in [-0.3, -0.25) is 4.79 Å². The monoisotopic (exact) mass is 256 g/mol. The molecule has 0 atom stereocenters. The van der Waals surface area contributed by atoms with Crippen LogP contribution in [-0.2, 0) is 4.79 Å². The Bertz CT molecular complexity index is 551. The Kier molecular flexibility index (Phi) is 3.00. The minimum absolute atomic E-state index is 0.0662. The summed E-state index contributed by atoms with van der Waals surface area (Å²) in [5.41, 5.74) is -0.0662. The van der Waals surface area contributed by atoms with Crippen molar-refractivity contribution >= 4 is 11.6 Å². The zero-order chi connectivity index (χ0) is 13.2. The van der Waals surface area contributed by atoms with Gasteiger partial charge in [-0.1, -0.05) is 0 Å². The first-order chi connectivity index (χ1) is 8.48. The number of carbonyl (C=O) groups is 1. The number of pyridine rings is 1. The van der Waals surface area contributed by atoms with Crippen LogP contribution < -0.4 is 5.32 Å². The van der Waals surface area contributed by atoms with Crippen molar-refractivity contribution in [2.45, 2.75) is 6.18 Å². The van der Waals surface area contributed by atoms with Crippen LogP contribution in [0.15, 0.2) is 36.8 Å². The minimum Gasteiger partial charge on any atom is -0.315 e. The summed E-state index contributed by atoms with van der Waals surface area (Å²) in [6.07, 6.45) is -0.604. The molecule has 0 aliphatic heterocycles. The van der Waals surface area contributed by atoms with Gasteiger partial charge in [-0.05, 0) is 18.2 Å². The van der Waals surface area contributed by atoms with Gasteiger partial charge in [0.05, 0.1) is 5.69 Å². The second-order valence-corrected chi connectivity index (χ2v) is 3.28. The van der Waals surface area contributed by atoms with E-state index in [-0.39, 0.29) is 11.5 Å². The summed E-state index contributed by atoms with van der Waals surface area (Å²) >= 11 is 0. The van der Waals surface area contributed by atoms with Crippen molar-refractivity contribution in [3.05, 3.63) is 36.8 Å². The molecular weight excluding hydrogens is 249 g/mol. The Morgan fingerprint density at radius 1 is 1.28 bits per heavy atom. The molecule has 0 aromatic carbocycles. The minimum atomic E-state index is -4.95. The molecule has 5 nitrogen and oxygen atoms in total. The maximum atomic E-state index is 12.2. The van der Waals surface area contributed by atoms with Crippen LogP contribution in [0.4, 0.5) is 18.9 Å². The molecule has 0 saturated carbocycles. The molecule has 0 spiro atoms. The molecule has 2 heterocycles. The van der Waals surface area contributed by atoms with Crippen LogP contribution in [0.2, 0.25) is 0 Å². The lowest BCUT2D eigenvalue weighted by atomic mass is 10.3. The standard InChI is InChI=1S/C10H7F3N4O/c11-10(12,13)9(18)16-7-3-1-4-14-8(7)17-6-2-5-15-17/h1-6H,(H,16,18). The molecule has 18 heavy (non-hydrogen) atoms. The van der Waals surface area contributed by atoms with E-state index in [9.17, 15) is 18.0 Å². The Hall–Kier alpha value is -2.38. The van der Waals surface area contributed by atoms with Gasteiger partial charge < -0.3 is 5.32 Å². The summed E-state index contributed by atoms with van der Waals surface area (Å²) in [5.74, 6) is -1.94. The highest BCUT2D eigenvalue weighted by atomic mass is 19.4. The van der Waals surface area contributed by atoms with Crippen molar-refractivity contribution in [2.75, 3.05) is 5.32 Å². The maximum Gasteiger partial charge on any atom is 0.471 e. The van der Waals surface area contributed by atoms with E-state index in [1.165, 1.54) is 35.4 Å². The van der Waals surface area contributed by atoms with E-state index < -0.39 is 12.1 Å². The van der Waals surface area contributed by atoms with Crippen LogP contribution in [0.5, 0.6) is 0 Å². The van der Waals surface area contributed by atoms with Crippen LogP contribution >= 0.6 is 0 Å². The van der Waals surface area contributed by atoms with Crippen LogP contribution in [0.1, 0.15) is 0 Å². The zero-order valence-corrected chi connectivity index (χ0v) is 8.85. The summed E-state index contributed by atoms with van der Waals surface area (Å²) in [6, 6.07) is 4.32. The first-order valence-corrected chi connectivity index (χ1v) is 4.81. The number of amides is 1. The average Bonchev–Trinajstić information content (AvgIpc) is 2.82. The Morgan fingerprint density at radius 3 is 2.67 bits per heavy atom. The summed E-state index contributed by atoms with van der Waals surface area (Å²) in [4.78, 5) is 14.7. The number of anilines is 1. The van der Waals surface area contributed by atoms with Crippen LogP contribution in [0.25, 0.3) is 5.82 Å². The SMILES string of the molecule is O=C(Nc1cccnc1-n1cccn1)C(F)(F)F. The van der Waals surface area contributed by atoms with Gasteiger partial charge in [-0.25, -0.2) is 9.67 Å². The lowest BCUT2D eigenvalue weighted by Gasteiger charge is -2.11. The number of nitrogens with zero attached hydrogens (tertiary/aromatic N) is 3. The van der Waals surface area contributed by atoms with Gasteiger partial charge in [-0.15, -0.1) is 0 Å². The number of rotatable bonds is 2. The fourth-order valence-electron chi connectivity index (χ4n) is 1.26. The van der Waals surface area contributed by atoms with E-state index in [0.29, 0.717) is 0 Å². The lowest BCUT2D eigenvalue weighted by Crippen LogP contribution is -2.30. The highest BCUT2D eigenvalue weighted by Crippen LogP contribution is 2.21. The summed E-state index contributed by atoms with van der Waals surface area (Å²) in [7, 11) is 0. The first-order valence-electron chi connectivity index (χ1n) is 4.81. The molecule has 0 saturated heterocycles. The van der Waals surface area contributed by atoms with Gasteiger partial charge in [0.15, 0.2) is 5.82 Å². The number of carbonyl (C=O) groups excluding carboxylic acids is 1. The fraction of sp³-hybridized carbons (Fsp3) is 0.100. The normalized spacial score (nSPS) is 11.3. The molecule has 2 aromatic heterocycles. The van der Waals surface area contributed by atoms with Gasteiger partial charge in [0, 0.05) is 18.6 Å². The van der Waals surface area contributed by atoms with Gasteiger partial charge in [0.25, 0.3) is 0 Å².